The Balaban J connectivity index is 1.59. The number of pyridine rings is 2. The van der Waals surface area contributed by atoms with Crippen LogP contribution in [0.3, 0.4) is 0 Å². The number of benzene rings is 3. The summed E-state index contributed by atoms with van der Waals surface area (Å²) in [5, 5.41) is 0. The molecule has 0 bridgehead atoms. The molecule has 0 unspecified atom stereocenters. The Kier molecular flexibility index (Phi) is 7.11. The third kappa shape index (κ3) is 5.04. The number of aromatic nitrogens is 2. The molecule has 1 aliphatic rings. The fourth-order valence-corrected chi connectivity index (χ4v) is 6.05. The van der Waals surface area contributed by atoms with Crippen LogP contribution in [0.5, 0.6) is 0 Å². The minimum absolute atomic E-state index is 0.820. The van der Waals surface area contributed by atoms with Crippen LogP contribution < -0.4 is 9.13 Å². The fourth-order valence-electron chi connectivity index (χ4n) is 6.05. The molecule has 2 aromatic heterocycles. The van der Waals surface area contributed by atoms with Crippen LogP contribution in [0.25, 0.3) is 33.6 Å². The summed E-state index contributed by atoms with van der Waals surface area (Å²) in [6.45, 7) is 8.39. The van der Waals surface area contributed by atoms with Gasteiger partial charge in [-0.1, -0.05) is 80.9 Å². The predicted octanol–water partition coefficient (Wildman–Crippen LogP) is 7.89. The molecule has 3 aromatic carbocycles. The number of fused-ring (bicyclic) bond motifs is 6. The van der Waals surface area contributed by atoms with Crippen LogP contribution >= 0.6 is 0 Å². The molecule has 0 radical (unpaired) electrons. The molecule has 6 rings (SSSR count). The second-order valence-corrected chi connectivity index (χ2v) is 10.9. The van der Waals surface area contributed by atoms with E-state index in [0.717, 1.165) is 25.9 Å². The summed E-state index contributed by atoms with van der Waals surface area (Å²) in [5.74, 6) is 0. The molecule has 0 saturated carbocycles. The number of rotatable bonds is 5. The number of aryl methyl sites for hydroxylation is 3. The molecule has 2 heteroatoms. The highest BCUT2D eigenvalue weighted by Crippen LogP contribution is 2.31. The van der Waals surface area contributed by atoms with Crippen molar-refractivity contribution in [2.45, 2.75) is 59.5 Å². The first-order chi connectivity index (χ1) is 19.1. The molecule has 2 nitrogen and oxygen atoms in total. The summed E-state index contributed by atoms with van der Waals surface area (Å²) in [6.07, 6.45) is 9.31. The molecule has 0 atom stereocenters. The van der Waals surface area contributed by atoms with Crippen molar-refractivity contribution in [1.82, 2.24) is 0 Å². The topological polar surface area (TPSA) is 7.76 Å². The zero-order valence-corrected chi connectivity index (χ0v) is 23.5. The van der Waals surface area contributed by atoms with Gasteiger partial charge in [-0.05, 0) is 61.1 Å². The summed E-state index contributed by atoms with van der Waals surface area (Å²) in [4.78, 5) is 0. The van der Waals surface area contributed by atoms with E-state index in [-0.39, 0.29) is 0 Å². The van der Waals surface area contributed by atoms with Gasteiger partial charge in [-0.15, -0.1) is 0 Å². The summed E-state index contributed by atoms with van der Waals surface area (Å²) >= 11 is 0. The molecule has 0 fully saturated rings. The molecule has 0 spiro atoms. The maximum Gasteiger partial charge on any atom is 0.213 e. The highest BCUT2D eigenvalue weighted by molar-refractivity contribution is 5.71. The van der Waals surface area contributed by atoms with Crippen molar-refractivity contribution in [2.75, 3.05) is 0 Å². The fraction of sp³-hybridized carbons (Fsp3) is 0.243. The maximum atomic E-state index is 2.49. The van der Waals surface area contributed by atoms with Gasteiger partial charge in [0.05, 0.1) is 11.1 Å². The van der Waals surface area contributed by atoms with Crippen molar-refractivity contribution < 1.29 is 9.13 Å². The van der Waals surface area contributed by atoms with Crippen molar-refractivity contribution in [3.05, 3.63) is 131 Å². The lowest BCUT2D eigenvalue weighted by molar-refractivity contribution is -0.682. The Morgan fingerprint density at radius 3 is 2.05 bits per heavy atom. The van der Waals surface area contributed by atoms with Crippen LogP contribution in [0.1, 0.15) is 54.5 Å². The van der Waals surface area contributed by atoms with Gasteiger partial charge in [-0.2, -0.15) is 9.13 Å². The van der Waals surface area contributed by atoms with Gasteiger partial charge >= 0.3 is 0 Å². The molecule has 39 heavy (non-hydrogen) atoms. The Hall–Kier alpha value is -4.04. The molecular formula is C37H38N2+2. The van der Waals surface area contributed by atoms with Gasteiger partial charge in [0.25, 0.3) is 0 Å². The zero-order chi connectivity index (χ0) is 26.8. The second-order valence-electron chi connectivity index (χ2n) is 10.9. The molecule has 0 amide bonds. The molecular weight excluding hydrogens is 472 g/mol. The summed E-state index contributed by atoms with van der Waals surface area (Å²) in [6, 6.07) is 34.1. The minimum Gasteiger partial charge on any atom is -0.194 e. The molecule has 0 aliphatic carbocycles. The standard InChI is InChI=1S/C37H38N2/c1-4-6-12-28-13-11-16-30(21-28)35-26-39-25-31-14-7-9-17-33(31)36-20-19-27(3)23-38(36)24-32-15-8-10-18-34(32)37(39)22-29(35)5-2/h7-11,13-23,26H,4-6,12,24-25H2,1-3H3/q+2. The lowest BCUT2D eigenvalue weighted by Gasteiger charge is -2.17. The van der Waals surface area contributed by atoms with Gasteiger partial charge in [0, 0.05) is 34.4 Å². The van der Waals surface area contributed by atoms with E-state index in [9.17, 15) is 0 Å². The third-order valence-electron chi connectivity index (χ3n) is 8.13. The minimum atomic E-state index is 0.820. The molecule has 5 aromatic rings. The van der Waals surface area contributed by atoms with E-state index >= 15 is 0 Å². The Bertz CT molecular complexity index is 1650. The molecule has 0 saturated heterocycles. The van der Waals surface area contributed by atoms with Gasteiger partial charge in [0.1, 0.15) is 0 Å². The van der Waals surface area contributed by atoms with Crippen molar-refractivity contribution in [3.63, 3.8) is 0 Å². The van der Waals surface area contributed by atoms with E-state index in [0.29, 0.717) is 0 Å². The van der Waals surface area contributed by atoms with E-state index in [2.05, 4.69) is 133 Å². The highest BCUT2D eigenvalue weighted by atomic mass is 15.0. The number of unbranched alkanes of at least 4 members (excludes halogenated alkanes) is 1. The Morgan fingerprint density at radius 2 is 1.33 bits per heavy atom. The summed E-state index contributed by atoms with van der Waals surface area (Å²) in [7, 11) is 0. The van der Waals surface area contributed by atoms with E-state index in [1.165, 1.54) is 74.3 Å². The summed E-state index contributed by atoms with van der Waals surface area (Å²) in [5.41, 5.74) is 14.6. The van der Waals surface area contributed by atoms with E-state index in [4.69, 9.17) is 0 Å². The molecule has 1 aliphatic heterocycles. The second kappa shape index (κ2) is 11.0. The average Bonchev–Trinajstić information content (AvgIpc) is 2.97. The predicted molar refractivity (Wildman–Crippen MR) is 161 cm³/mol. The van der Waals surface area contributed by atoms with E-state index in [1.54, 1.807) is 0 Å². The highest BCUT2D eigenvalue weighted by Gasteiger charge is 2.27. The van der Waals surface area contributed by atoms with Crippen LogP contribution in [-0.2, 0) is 25.9 Å². The van der Waals surface area contributed by atoms with E-state index in [1.807, 2.05) is 0 Å². The number of hydrogen-bond acceptors (Lipinski definition) is 0. The normalized spacial score (nSPS) is 12.2. The molecule has 194 valence electrons. The van der Waals surface area contributed by atoms with Crippen molar-refractivity contribution in [1.29, 1.82) is 0 Å². The van der Waals surface area contributed by atoms with Gasteiger partial charge < -0.3 is 0 Å². The monoisotopic (exact) mass is 510 g/mol. The van der Waals surface area contributed by atoms with Gasteiger partial charge in [-0.25, -0.2) is 0 Å². The third-order valence-corrected chi connectivity index (χ3v) is 8.13. The van der Waals surface area contributed by atoms with Gasteiger partial charge in [-0.3, -0.25) is 0 Å². The van der Waals surface area contributed by atoms with E-state index < -0.39 is 0 Å². The quantitative estimate of drug-likeness (QED) is 0.208. The smallest absolute Gasteiger partial charge is 0.194 e. The van der Waals surface area contributed by atoms with Crippen molar-refractivity contribution in [2.24, 2.45) is 0 Å². The lowest BCUT2D eigenvalue weighted by Crippen LogP contribution is -2.41. The molecule has 0 N–H and O–H groups in total. The van der Waals surface area contributed by atoms with Crippen molar-refractivity contribution >= 4 is 0 Å². The zero-order valence-electron chi connectivity index (χ0n) is 23.5. The Labute approximate surface area is 233 Å². The van der Waals surface area contributed by atoms with Crippen LogP contribution in [0, 0.1) is 6.92 Å². The SMILES string of the molecule is CCCCc1cccc(-c2c[n+]3c(cc2CC)-c2ccccc2C[n+]2cc(C)ccc2-c2ccccc2C3)c1. The van der Waals surface area contributed by atoms with Gasteiger partial charge in [0.2, 0.25) is 11.4 Å². The average molecular weight is 511 g/mol. The first-order valence-electron chi connectivity index (χ1n) is 14.5. The lowest BCUT2D eigenvalue weighted by atomic mass is 9.93. The first kappa shape index (κ1) is 25.2. The van der Waals surface area contributed by atoms with Crippen molar-refractivity contribution in [3.8, 4) is 33.6 Å². The number of nitrogens with zero attached hydrogens (tertiary/aromatic N) is 2. The van der Waals surface area contributed by atoms with Crippen LogP contribution in [0.2, 0.25) is 0 Å². The summed E-state index contributed by atoms with van der Waals surface area (Å²) < 4.78 is 4.92. The largest absolute Gasteiger partial charge is 0.213 e. The Morgan fingerprint density at radius 1 is 0.641 bits per heavy atom. The van der Waals surface area contributed by atoms with Crippen LogP contribution in [-0.4, -0.2) is 0 Å². The number of hydrogen-bond donors (Lipinski definition) is 0. The first-order valence-corrected chi connectivity index (χ1v) is 14.5. The maximum absolute atomic E-state index is 2.49. The van der Waals surface area contributed by atoms with Gasteiger partial charge in [0.15, 0.2) is 25.5 Å². The molecule has 3 heterocycles. The van der Waals surface area contributed by atoms with Crippen LogP contribution in [0.4, 0.5) is 0 Å². The van der Waals surface area contributed by atoms with Crippen LogP contribution in [0.15, 0.2) is 103 Å².